The van der Waals surface area contributed by atoms with E-state index in [4.69, 9.17) is 4.42 Å². The highest BCUT2D eigenvalue weighted by Gasteiger charge is 2.21. The first-order chi connectivity index (χ1) is 8.88. The smallest absolute Gasteiger partial charge is 0.125 e. The van der Waals surface area contributed by atoms with Crippen molar-refractivity contribution in [2.45, 2.75) is 31.2 Å². The quantitative estimate of drug-likeness (QED) is 0.879. The Bertz CT molecular complexity index is 500. The summed E-state index contributed by atoms with van der Waals surface area (Å²) in [7, 11) is 1.98. The van der Waals surface area contributed by atoms with Gasteiger partial charge >= 0.3 is 0 Å². The number of nitrogens with one attached hydrogen (secondary N) is 1. The van der Waals surface area contributed by atoms with E-state index in [0.29, 0.717) is 0 Å². The number of hydrogen-bond acceptors (Lipinski definition) is 2. The van der Waals surface area contributed by atoms with Gasteiger partial charge in [-0.15, -0.1) is 0 Å². The van der Waals surface area contributed by atoms with Crippen molar-refractivity contribution < 1.29 is 4.42 Å². The van der Waals surface area contributed by atoms with Gasteiger partial charge < -0.3 is 9.73 Å². The lowest BCUT2D eigenvalue weighted by molar-refractivity contribution is 0.418. The van der Waals surface area contributed by atoms with E-state index in [1.54, 1.807) is 6.26 Å². The fourth-order valence-corrected chi connectivity index (χ4v) is 2.66. The predicted octanol–water partition coefficient (Wildman–Crippen LogP) is 3.86. The fourth-order valence-electron chi connectivity index (χ4n) is 2.66. The molecule has 1 aliphatic rings. The fraction of sp³-hybridized carbons (Fsp3) is 0.375. The zero-order chi connectivity index (χ0) is 12.4. The molecule has 2 aromatic rings. The third-order valence-corrected chi connectivity index (χ3v) is 3.94. The van der Waals surface area contributed by atoms with Gasteiger partial charge in [-0.3, -0.25) is 0 Å². The highest BCUT2D eigenvalue weighted by Crippen LogP contribution is 2.37. The molecule has 1 aromatic carbocycles. The summed E-state index contributed by atoms with van der Waals surface area (Å²) in [5.41, 5.74) is 2.77. The van der Waals surface area contributed by atoms with Gasteiger partial charge in [0.25, 0.3) is 0 Å². The number of benzene rings is 1. The lowest BCUT2D eigenvalue weighted by Gasteiger charge is -2.26. The van der Waals surface area contributed by atoms with Gasteiger partial charge in [-0.25, -0.2) is 0 Å². The summed E-state index contributed by atoms with van der Waals surface area (Å²) in [5.74, 6) is 1.75. The molecule has 18 heavy (non-hydrogen) atoms. The summed E-state index contributed by atoms with van der Waals surface area (Å²) in [6.07, 6.45) is 5.79. The van der Waals surface area contributed by atoms with Gasteiger partial charge in [0, 0.05) is 0 Å². The van der Waals surface area contributed by atoms with Gasteiger partial charge in [0.2, 0.25) is 0 Å². The van der Waals surface area contributed by atoms with E-state index >= 15 is 0 Å². The van der Waals surface area contributed by atoms with Crippen molar-refractivity contribution >= 4 is 0 Å². The third kappa shape index (κ3) is 2.08. The van der Waals surface area contributed by atoms with Crippen LogP contribution in [-0.2, 0) is 0 Å². The highest BCUT2D eigenvalue weighted by molar-refractivity contribution is 5.33. The molecule has 1 N–H and O–H groups in total. The Morgan fingerprint density at radius 1 is 1.22 bits per heavy atom. The molecule has 1 fully saturated rings. The molecule has 1 unspecified atom stereocenters. The largest absolute Gasteiger partial charge is 0.467 e. The van der Waals surface area contributed by atoms with Gasteiger partial charge in [0.05, 0.1) is 12.3 Å². The molecule has 1 heterocycles. The van der Waals surface area contributed by atoms with Crippen molar-refractivity contribution in [3.05, 3.63) is 59.5 Å². The minimum Gasteiger partial charge on any atom is -0.467 e. The van der Waals surface area contributed by atoms with Gasteiger partial charge in [-0.2, -0.15) is 0 Å². The van der Waals surface area contributed by atoms with E-state index in [1.807, 2.05) is 19.2 Å². The molecule has 0 bridgehead atoms. The number of rotatable bonds is 4. The van der Waals surface area contributed by atoms with Crippen LogP contribution in [0, 0.1) is 0 Å². The second kappa shape index (κ2) is 4.99. The van der Waals surface area contributed by atoms with Gasteiger partial charge in [0.15, 0.2) is 0 Å². The SMILES string of the molecule is CNC(c1cccc(C2CCC2)c1)c1ccco1. The molecule has 0 radical (unpaired) electrons. The minimum atomic E-state index is 0.153. The van der Waals surface area contributed by atoms with Crippen LogP contribution in [0.5, 0.6) is 0 Å². The van der Waals surface area contributed by atoms with Gasteiger partial charge in [0.1, 0.15) is 5.76 Å². The van der Waals surface area contributed by atoms with Crippen LogP contribution in [0.4, 0.5) is 0 Å². The number of hydrogen-bond donors (Lipinski definition) is 1. The van der Waals surface area contributed by atoms with Crippen LogP contribution in [0.3, 0.4) is 0 Å². The van der Waals surface area contributed by atoms with Crippen LogP contribution in [0.25, 0.3) is 0 Å². The molecular formula is C16H19NO. The molecule has 3 rings (SSSR count). The van der Waals surface area contributed by atoms with Crippen LogP contribution >= 0.6 is 0 Å². The first-order valence-corrected chi connectivity index (χ1v) is 6.69. The maximum atomic E-state index is 5.52. The molecule has 0 amide bonds. The normalized spacial score (nSPS) is 17.4. The van der Waals surface area contributed by atoms with Gasteiger partial charge in [-0.1, -0.05) is 30.7 Å². The second-order valence-corrected chi connectivity index (χ2v) is 5.04. The average molecular weight is 241 g/mol. The van der Waals surface area contributed by atoms with Crippen LogP contribution in [0.1, 0.15) is 48.1 Å². The molecule has 0 saturated heterocycles. The second-order valence-electron chi connectivity index (χ2n) is 5.04. The van der Waals surface area contributed by atoms with Crippen LogP contribution < -0.4 is 5.32 Å². The molecule has 2 nitrogen and oxygen atoms in total. The number of furan rings is 1. The average Bonchev–Trinajstić information content (AvgIpc) is 2.82. The molecule has 0 spiro atoms. The van der Waals surface area contributed by atoms with E-state index in [9.17, 15) is 0 Å². The van der Waals surface area contributed by atoms with Crippen molar-refractivity contribution in [3.8, 4) is 0 Å². The topological polar surface area (TPSA) is 25.2 Å². The first-order valence-electron chi connectivity index (χ1n) is 6.69. The van der Waals surface area contributed by atoms with E-state index in [0.717, 1.165) is 11.7 Å². The van der Waals surface area contributed by atoms with Crippen molar-refractivity contribution in [1.82, 2.24) is 5.32 Å². The molecule has 0 aliphatic heterocycles. The summed E-state index contributed by atoms with van der Waals surface area (Å²) < 4.78 is 5.52. The van der Waals surface area contributed by atoms with Crippen LogP contribution in [0.15, 0.2) is 47.1 Å². The van der Waals surface area contributed by atoms with Crippen molar-refractivity contribution in [2.75, 3.05) is 7.05 Å². The minimum absolute atomic E-state index is 0.153. The molecule has 1 aliphatic carbocycles. The first kappa shape index (κ1) is 11.5. The summed E-state index contributed by atoms with van der Waals surface area (Å²) in [5, 5.41) is 3.33. The molecular weight excluding hydrogens is 222 g/mol. The van der Waals surface area contributed by atoms with Gasteiger partial charge in [-0.05, 0) is 49.1 Å². The van der Waals surface area contributed by atoms with Crippen molar-refractivity contribution in [1.29, 1.82) is 0 Å². The third-order valence-electron chi connectivity index (χ3n) is 3.94. The zero-order valence-electron chi connectivity index (χ0n) is 10.7. The summed E-state index contributed by atoms with van der Waals surface area (Å²) in [4.78, 5) is 0. The Hall–Kier alpha value is -1.54. The Kier molecular flexibility index (Phi) is 3.20. The lowest BCUT2D eigenvalue weighted by Crippen LogP contribution is -2.18. The summed E-state index contributed by atoms with van der Waals surface area (Å²) in [6, 6.07) is 13.0. The lowest BCUT2D eigenvalue weighted by atomic mass is 9.79. The van der Waals surface area contributed by atoms with Crippen molar-refractivity contribution in [2.24, 2.45) is 0 Å². The summed E-state index contributed by atoms with van der Waals surface area (Å²) >= 11 is 0. The van der Waals surface area contributed by atoms with Crippen LogP contribution in [0.2, 0.25) is 0 Å². The molecule has 1 aromatic heterocycles. The molecule has 94 valence electrons. The standard InChI is InChI=1S/C16H19NO/c1-17-16(15-9-4-10-18-15)14-8-3-7-13(11-14)12-5-2-6-12/h3-4,7-12,16-17H,2,5-6H2,1H3. The molecule has 1 atom stereocenters. The summed E-state index contributed by atoms with van der Waals surface area (Å²) in [6.45, 7) is 0. The van der Waals surface area contributed by atoms with E-state index in [1.165, 1.54) is 30.4 Å². The monoisotopic (exact) mass is 241 g/mol. The molecule has 1 saturated carbocycles. The Labute approximate surface area is 108 Å². The van der Waals surface area contributed by atoms with E-state index in [-0.39, 0.29) is 6.04 Å². The zero-order valence-corrected chi connectivity index (χ0v) is 10.7. The van der Waals surface area contributed by atoms with Crippen molar-refractivity contribution in [3.63, 3.8) is 0 Å². The highest BCUT2D eigenvalue weighted by atomic mass is 16.3. The molecule has 2 heteroatoms. The Morgan fingerprint density at radius 3 is 2.72 bits per heavy atom. The maximum Gasteiger partial charge on any atom is 0.125 e. The maximum absolute atomic E-state index is 5.52. The Morgan fingerprint density at radius 2 is 2.11 bits per heavy atom. The van der Waals surface area contributed by atoms with Crippen LogP contribution in [-0.4, -0.2) is 7.05 Å². The predicted molar refractivity (Wildman–Crippen MR) is 72.6 cm³/mol. The Balaban J connectivity index is 1.90. The van der Waals surface area contributed by atoms with E-state index in [2.05, 4.69) is 29.6 Å². The van der Waals surface area contributed by atoms with E-state index < -0.39 is 0 Å².